The number of amides is 4. The Labute approximate surface area is 261 Å². The zero-order valence-corrected chi connectivity index (χ0v) is 25.1. The molecule has 11 nitrogen and oxygen atoms in total. The maximum atomic E-state index is 13.5. The number of rotatable bonds is 10. The first-order valence-electron chi connectivity index (χ1n) is 15.4. The lowest BCUT2D eigenvalue weighted by molar-refractivity contribution is -0.118. The number of fused-ring (bicyclic) bond motifs is 2. The second-order valence-electron chi connectivity index (χ2n) is 11.6. The van der Waals surface area contributed by atoms with Crippen LogP contribution < -0.4 is 21.1 Å². The number of nitrogens with two attached hydrogens (primary N) is 1. The van der Waals surface area contributed by atoms with Crippen molar-refractivity contribution in [3.63, 3.8) is 0 Å². The van der Waals surface area contributed by atoms with Crippen molar-refractivity contribution in [2.75, 3.05) is 36.9 Å². The van der Waals surface area contributed by atoms with Crippen molar-refractivity contribution in [3.05, 3.63) is 88.5 Å². The fraction of sp³-hybridized carbons (Fsp3) is 0.353. The van der Waals surface area contributed by atoms with Gasteiger partial charge in [0.05, 0.1) is 12.3 Å². The summed E-state index contributed by atoms with van der Waals surface area (Å²) in [7, 11) is 0. The van der Waals surface area contributed by atoms with Gasteiger partial charge in [0.25, 0.3) is 17.7 Å². The fourth-order valence-corrected chi connectivity index (χ4v) is 5.57. The molecule has 0 radical (unpaired) electrons. The van der Waals surface area contributed by atoms with Gasteiger partial charge in [0, 0.05) is 42.5 Å². The Balaban J connectivity index is 1.04. The molecule has 234 valence electrons. The molecular formula is C34H37N5O6. The van der Waals surface area contributed by atoms with E-state index in [-0.39, 0.29) is 36.5 Å². The highest BCUT2D eigenvalue weighted by molar-refractivity contribution is 6.04. The van der Waals surface area contributed by atoms with E-state index in [2.05, 4.69) is 10.6 Å². The molecule has 6 rings (SSSR count). The van der Waals surface area contributed by atoms with Gasteiger partial charge in [-0.1, -0.05) is 18.2 Å². The average molecular weight is 612 g/mol. The zero-order chi connectivity index (χ0) is 31.3. The molecule has 0 spiro atoms. The minimum absolute atomic E-state index is 0.0728. The van der Waals surface area contributed by atoms with E-state index >= 15 is 0 Å². The predicted octanol–water partition coefficient (Wildman–Crippen LogP) is 4.31. The van der Waals surface area contributed by atoms with Crippen molar-refractivity contribution >= 4 is 35.2 Å². The third kappa shape index (κ3) is 7.26. The summed E-state index contributed by atoms with van der Waals surface area (Å²) in [6.45, 7) is 2.33. The lowest BCUT2D eigenvalue weighted by Gasteiger charge is -2.28. The van der Waals surface area contributed by atoms with Gasteiger partial charge in [-0.15, -0.1) is 0 Å². The van der Waals surface area contributed by atoms with Crippen LogP contribution in [0.5, 0.6) is 5.75 Å². The van der Waals surface area contributed by atoms with Crippen LogP contribution in [-0.2, 0) is 29.0 Å². The highest BCUT2D eigenvalue weighted by Crippen LogP contribution is 2.33. The molecule has 2 aliphatic heterocycles. The second kappa shape index (κ2) is 13.4. The Morgan fingerprint density at radius 1 is 1.00 bits per heavy atom. The van der Waals surface area contributed by atoms with Crippen molar-refractivity contribution in [2.45, 2.75) is 51.2 Å². The Kier molecular flexibility index (Phi) is 8.97. The van der Waals surface area contributed by atoms with E-state index < -0.39 is 0 Å². The molecule has 0 atom stereocenters. The molecular weight excluding hydrogens is 574 g/mol. The van der Waals surface area contributed by atoms with E-state index in [1.807, 2.05) is 35.2 Å². The number of carbonyl (C=O) groups is 4. The maximum absolute atomic E-state index is 13.5. The fourth-order valence-electron chi connectivity index (χ4n) is 5.57. The van der Waals surface area contributed by atoms with Gasteiger partial charge < -0.3 is 35.6 Å². The number of benzene rings is 3. The molecule has 1 fully saturated rings. The number of unbranched alkanes of at least 4 members (excludes halogenated alkanes) is 1. The van der Waals surface area contributed by atoms with E-state index in [1.165, 1.54) is 0 Å². The van der Waals surface area contributed by atoms with E-state index in [9.17, 15) is 19.2 Å². The highest BCUT2D eigenvalue weighted by Gasteiger charge is 2.33. The SMILES string of the molecule is NCCCCOC(=O)N1CCc2cc(NC(=O)c3ccc(CN(C(=O)c4ccc5c(c4)OCC(=O)N5)C4CC4)cc3)ccc2C1. The van der Waals surface area contributed by atoms with Crippen LogP contribution in [0, 0.1) is 0 Å². The van der Waals surface area contributed by atoms with Gasteiger partial charge in [0.15, 0.2) is 6.61 Å². The number of hydrogen-bond acceptors (Lipinski definition) is 7. The number of nitrogens with one attached hydrogen (secondary N) is 2. The molecule has 1 saturated carbocycles. The van der Waals surface area contributed by atoms with Crippen LogP contribution in [-0.4, -0.2) is 66.0 Å². The third-order valence-electron chi connectivity index (χ3n) is 8.24. The molecule has 3 aromatic rings. The number of nitrogens with zero attached hydrogens (tertiary/aromatic N) is 2. The Morgan fingerprint density at radius 2 is 1.80 bits per heavy atom. The first-order valence-corrected chi connectivity index (χ1v) is 15.4. The summed E-state index contributed by atoms with van der Waals surface area (Å²) >= 11 is 0. The smallest absolute Gasteiger partial charge is 0.410 e. The topological polar surface area (TPSA) is 143 Å². The number of anilines is 2. The van der Waals surface area contributed by atoms with Crippen LogP contribution in [0.1, 0.15) is 63.1 Å². The lowest BCUT2D eigenvalue weighted by Crippen LogP contribution is -2.36. The molecule has 4 N–H and O–H groups in total. The molecule has 11 heteroatoms. The minimum Gasteiger partial charge on any atom is -0.482 e. The number of hydrogen-bond donors (Lipinski definition) is 3. The first-order chi connectivity index (χ1) is 21.9. The van der Waals surface area contributed by atoms with Crippen LogP contribution in [0.4, 0.5) is 16.2 Å². The summed E-state index contributed by atoms with van der Waals surface area (Å²) in [4.78, 5) is 54.1. The molecule has 3 aromatic carbocycles. The molecule has 2 heterocycles. The van der Waals surface area contributed by atoms with Gasteiger partial charge in [-0.25, -0.2) is 4.79 Å². The average Bonchev–Trinajstić information content (AvgIpc) is 3.90. The van der Waals surface area contributed by atoms with Crippen LogP contribution in [0.3, 0.4) is 0 Å². The Morgan fingerprint density at radius 3 is 2.58 bits per heavy atom. The van der Waals surface area contributed by atoms with Crippen molar-refractivity contribution < 1.29 is 28.7 Å². The van der Waals surface area contributed by atoms with Crippen molar-refractivity contribution in [1.29, 1.82) is 0 Å². The largest absolute Gasteiger partial charge is 0.482 e. The van der Waals surface area contributed by atoms with E-state index in [4.69, 9.17) is 15.2 Å². The summed E-state index contributed by atoms with van der Waals surface area (Å²) in [5.74, 6) is -0.0567. The normalized spacial score (nSPS) is 15.2. The Bertz CT molecular complexity index is 1600. The molecule has 3 aliphatic rings. The summed E-state index contributed by atoms with van der Waals surface area (Å²) in [5, 5.41) is 5.73. The molecule has 0 bridgehead atoms. The summed E-state index contributed by atoms with van der Waals surface area (Å²) in [5.41, 5.74) is 10.8. The molecule has 1 aliphatic carbocycles. The van der Waals surface area contributed by atoms with Crippen LogP contribution in [0.2, 0.25) is 0 Å². The van der Waals surface area contributed by atoms with Gasteiger partial charge in [-0.2, -0.15) is 0 Å². The summed E-state index contributed by atoms with van der Waals surface area (Å²) in [6.07, 6.45) is 3.84. The van der Waals surface area contributed by atoms with Crippen LogP contribution >= 0.6 is 0 Å². The second-order valence-corrected chi connectivity index (χ2v) is 11.6. The van der Waals surface area contributed by atoms with Gasteiger partial charge in [-0.05, 0) is 97.8 Å². The number of carbonyl (C=O) groups excluding carboxylic acids is 4. The third-order valence-corrected chi connectivity index (χ3v) is 8.24. The molecule has 0 saturated heterocycles. The molecule has 4 amide bonds. The highest BCUT2D eigenvalue weighted by atomic mass is 16.6. The van der Waals surface area contributed by atoms with Gasteiger partial charge in [0.2, 0.25) is 0 Å². The molecule has 0 aromatic heterocycles. The quantitative estimate of drug-likeness (QED) is 0.290. The van der Waals surface area contributed by atoms with Crippen molar-refractivity contribution in [3.8, 4) is 5.75 Å². The monoisotopic (exact) mass is 611 g/mol. The van der Waals surface area contributed by atoms with Gasteiger partial charge in [-0.3, -0.25) is 14.4 Å². The zero-order valence-electron chi connectivity index (χ0n) is 25.1. The summed E-state index contributed by atoms with van der Waals surface area (Å²) < 4.78 is 10.9. The van der Waals surface area contributed by atoms with Gasteiger partial charge in [0.1, 0.15) is 5.75 Å². The van der Waals surface area contributed by atoms with E-state index in [0.717, 1.165) is 42.4 Å². The van der Waals surface area contributed by atoms with Crippen LogP contribution in [0.15, 0.2) is 60.7 Å². The maximum Gasteiger partial charge on any atom is 0.410 e. The molecule has 45 heavy (non-hydrogen) atoms. The van der Waals surface area contributed by atoms with E-state index in [0.29, 0.717) is 67.5 Å². The van der Waals surface area contributed by atoms with E-state index in [1.54, 1.807) is 35.2 Å². The molecule has 0 unspecified atom stereocenters. The first kappa shape index (κ1) is 30.1. The standard InChI is InChI=1S/C34H37N5O6/c35-14-1-2-16-44-34(43)38-15-13-24-17-27(9-7-26(24)20-38)36-32(41)23-5-3-22(4-6-23)19-39(28-10-11-28)33(42)25-8-12-29-30(18-25)45-21-31(40)37-29/h3-9,12,17-18,28H,1-2,10-11,13-16,19-21,35H2,(H,36,41)(H,37,40). The van der Waals surface area contributed by atoms with Gasteiger partial charge >= 0.3 is 6.09 Å². The summed E-state index contributed by atoms with van der Waals surface area (Å²) in [6, 6.07) is 18.3. The van der Waals surface area contributed by atoms with Crippen molar-refractivity contribution in [2.24, 2.45) is 5.73 Å². The predicted molar refractivity (Wildman–Crippen MR) is 168 cm³/mol. The van der Waals surface area contributed by atoms with Crippen LogP contribution in [0.25, 0.3) is 0 Å². The Hall–Kier alpha value is -4.90. The lowest BCUT2D eigenvalue weighted by atomic mass is 9.99. The number of ether oxygens (including phenoxy) is 2. The van der Waals surface area contributed by atoms with Crippen molar-refractivity contribution in [1.82, 2.24) is 9.80 Å². The minimum atomic E-state index is -0.312.